The molecule has 30 heavy (non-hydrogen) atoms. The van der Waals surface area contributed by atoms with Gasteiger partial charge in [-0.05, 0) is 37.1 Å². The highest BCUT2D eigenvalue weighted by Crippen LogP contribution is 2.32. The van der Waals surface area contributed by atoms with Crippen molar-refractivity contribution in [3.63, 3.8) is 0 Å². The van der Waals surface area contributed by atoms with Gasteiger partial charge in [-0.15, -0.1) is 0 Å². The van der Waals surface area contributed by atoms with Gasteiger partial charge in [0.15, 0.2) is 0 Å². The van der Waals surface area contributed by atoms with E-state index < -0.39 is 0 Å². The van der Waals surface area contributed by atoms with E-state index in [1.165, 1.54) is 5.56 Å². The van der Waals surface area contributed by atoms with Gasteiger partial charge in [-0.1, -0.05) is 54.1 Å². The number of halogens is 1. The summed E-state index contributed by atoms with van der Waals surface area (Å²) in [6.07, 6.45) is 2.73. The molecule has 4 rings (SSSR count). The molecule has 6 heteroatoms. The number of hydrogen-bond acceptors (Lipinski definition) is 3. The minimum atomic E-state index is -0.369. The van der Waals surface area contributed by atoms with E-state index in [2.05, 4.69) is 45.7 Å². The molecule has 156 valence electrons. The van der Waals surface area contributed by atoms with Crippen molar-refractivity contribution in [3.8, 4) is 0 Å². The lowest BCUT2D eigenvalue weighted by molar-refractivity contribution is -0.127. The van der Waals surface area contributed by atoms with Crippen LogP contribution in [0.1, 0.15) is 48.4 Å². The quantitative estimate of drug-likeness (QED) is 0.634. The normalized spacial score (nSPS) is 16.5. The van der Waals surface area contributed by atoms with Crippen molar-refractivity contribution in [2.24, 2.45) is 0 Å². The number of nitrogens with one attached hydrogen (secondary N) is 1. The molecule has 1 atom stereocenters. The summed E-state index contributed by atoms with van der Waals surface area (Å²) in [6, 6.07) is 17.8. The minimum absolute atomic E-state index is 0.00392. The number of rotatable bonds is 6. The molecule has 1 aliphatic rings. The van der Waals surface area contributed by atoms with E-state index in [0.717, 1.165) is 36.5 Å². The zero-order valence-electron chi connectivity index (χ0n) is 17.4. The molecule has 1 aromatic heterocycles. The highest BCUT2D eigenvalue weighted by Gasteiger charge is 2.36. The van der Waals surface area contributed by atoms with Crippen LogP contribution in [0.15, 0.2) is 60.9 Å². The molecule has 1 aliphatic heterocycles. The standard InChI is InChI=1S/C24H27ClN4O/c1-17(2)29-16-27-21-12-13-28(15-19-6-4-3-5-7-19)23(22(21)29)24(30)26-14-18-8-10-20(25)11-9-18/h3-11,16-17,23H,12-15H2,1-2H3,(H,26,30). The molecule has 2 heterocycles. The summed E-state index contributed by atoms with van der Waals surface area (Å²) in [6.45, 7) is 6.25. The van der Waals surface area contributed by atoms with Crippen LogP contribution >= 0.6 is 11.6 Å². The van der Waals surface area contributed by atoms with E-state index in [9.17, 15) is 4.79 Å². The number of imidazole rings is 1. The second-order valence-corrected chi connectivity index (χ2v) is 8.47. The van der Waals surface area contributed by atoms with E-state index >= 15 is 0 Å². The van der Waals surface area contributed by atoms with E-state index in [1.54, 1.807) is 0 Å². The maximum absolute atomic E-state index is 13.5. The molecule has 0 saturated carbocycles. The van der Waals surface area contributed by atoms with E-state index in [4.69, 9.17) is 11.6 Å². The van der Waals surface area contributed by atoms with Gasteiger partial charge in [-0.2, -0.15) is 0 Å². The van der Waals surface area contributed by atoms with Crippen LogP contribution in [0, 0.1) is 0 Å². The molecule has 0 spiro atoms. The van der Waals surface area contributed by atoms with Gasteiger partial charge in [0, 0.05) is 37.1 Å². The van der Waals surface area contributed by atoms with E-state index in [-0.39, 0.29) is 18.0 Å². The number of benzene rings is 2. The summed E-state index contributed by atoms with van der Waals surface area (Å²) in [5, 5.41) is 3.83. The summed E-state index contributed by atoms with van der Waals surface area (Å²) < 4.78 is 2.14. The first-order chi connectivity index (χ1) is 14.5. The smallest absolute Gasteiger partial charge is 0.243 e. The SMILES string of the molecule is CC(C)n1cnc2c1C(C(=O)NCc1ccc(Cl)cc1)N(Cc1ccccc1)CC2. The largest absolute Gasteiger partial charge is 0.350 e. The molecule has 0 saturated heterocycles. The fourth-order valence-electron chi connectivity index (χ4n) is 4.03. The predicted molar refractivity (Wildman–Crippen MR) is 119 cm³/mol. The summed E-state index contributed by atoms with van der Waals surface area (Å²) in [7, 11) is 0. The molecule has 1 N–H and O–H groups in total. The van der Waals surface area contributed by atoms with Gasteiger partial charge < -0.3 is 9.88 Å². The summed E-state index contributed by atoms with van der Waals surface area (Å²) >= 11 is 5.98. The molecule has 1 unspecified atom stereocenters. The van der Waals surface area contributed by atoms with Gasteiger partial charge in [0.2, 0.25) is 5.91 Å². The van der Waals surface area contributed by atoms with Crippen LogP contribution in [-0.4, -0.2) is 26.9 Å². The van der Waals surface area contributed by atoms with Gasteiger partial charge in [0.25, 0.3) is 0 Å². The van der Waals surface area contributed by atoms with Crippen molar-refractivity contribution >= 4 is 17.5 Å². The number of aromatic nitrogens is 2. The molecule has 0 aliphatic carbocycles. The van der Waals surface area contributed by atoms with E-state index in [0.29, 0.717) is 11.6 Å². The second-order valence-electron chi connectivity index (χ2n) is 8.03. The van der Waals surface area contributed by atoms with Crippen LogP contribution in [0.3, 0.4) is 0 Å². The molecule has 0 bridgehead atoms. The highest BCUT2D eigenvalue weighted by atomic mass is 35.5. The Morgan fingerprint density at radius 3 is 2.57 bits per heavy atom. The molecule has 2 aromatic carbocycles. The summed E-state index contributed by atoms with van der Waals surface area (Å²) in [4.78, 5) is 20.3. The molecule has 0 radical (unpaired) electrons. The first kappa shape index (κ1) is 20.6. The van der Waals surface area contributed by atoms with Crippen molar-refractivity contribution in [1.29, 1.82) is 0 Å². The maximum atomic E-state index is 13.5. The first-order valence-corrected chi connectivity index (χ1v) is 10.8. The fraction of sp³-hybridized carbons (Fsp3) is 0.333. The molecule has 3 aromatic rings. The molecular weight excluding hydrogens is 396 g/mol. The van der Waals surface area contributed by atoms with Gasteiger partial charge >= 0.3 is 0 Å². The Labute approximate surface area is 182 Å². The Bertz CT molecular complexity index is 998. The topological polar surface area (TPSA) is 50.2 Å². The summed E-state index contributed by atoms with van der Waals surface area (Å²) in [5.41, 5.74) is 4.27. The van der Waals surface area contributed by atoms with Gasteiger partial charge in [-0.25, -0.2) is 4.98 Å². The average molecular weight is 423 g/mol. The monoisotopic (exact) mass is 422 g/mol. The molecule has 5 nitrogen and oxygen atoms in total. The number of carbonyl (C=O) groups excluding carboxylic acids is 1. The molecule has 0 fully saturated rings. The van der Waals surface area contributed by atoms with Crippen molar-refractivity contribution in [2.75, 3.05) is 6.54 Å². The third kappa shape index (κ3) is 4.42. The van der Waals surface area contributed by atoms with Crippen molar-refractivity contribution < 1.29 is 4.79 Å². The fourth-order valence-corrected chi connectivity index (χ4v) is 4.16. The Kier molecular flexibility index (Phi) is 6.21. The van der Waals surface area contributed by atoms with Gasteiger partial charge in [0.1, 0.15) is 6.04 Å². The van der Waals surface area contributed by atoms with Crippen LogP contribution in [0.25, 0.3) is 0 Å². The third-order valence-corrected chi connectivity index (χ3v) is 5.84. The third-order valence-electron chi connectivity index (χ3n) is 5.58. The Balaban J connectivity index is 1.61. The average Bonchev–Trinajstić information content (AvgIpc) is 3.18. The Morgan fingerprint density at radius 2 is 1.87 bits per heavy atom. The Hall–Kier alpha value is -2.63. The molecule has 1 amide bonds. The van der Waals surface area contributed by atoms with Crippen molar-refractivity contribution in [3.05, 3.63) is 88.5 Å². The van der Waals surface area contributed by atoms with Crippen molar-refractivity contribution in [1.82, 2.24) is 19.8 Å². The minimum Gasteiger partial charge on any atom is -0.350 e. The number of hydrogen-bond donors (Lipinski definition) is 1. The van der Waals surface area contributed by atoms with Crippen LogP contribution < -0.4 is 5.32 Å². The summed E-state index contributed by atoms with van der Waals surface area (Å²) in [5.74, 6) is 0.00392. The zero-order valence-corrected chi connectivity index (χ0v) is 18.1. The van der Waals surface area contributed by atoms with Crippen molar-refractivity contribution in [2.45, 2.75) is 45.4 Å². The number of amides is 1. The van der Waals surface area contributed by atoms with Gasteiger partial charge in [0.05, 0.1) is 17.7 Å². The van der Waals surface area contributed by atoms with Crippen LogP contribution in [0.5, 0.6) is 0 Å². The van der Waals surface area contributed by atoms with Crippen LogP contribution in [0.2, 0.25) is 5.02 Å². The number of nitrogens with zero attached hydrogens (tertiary/aromatic N) is 3. The number of carbonyl (C=O) groups is 1. The Morgan fingerprint density at radius 1 is 1.13 bits per heavy atom. The zero-order chi connectivity index (χ0) is 21.1. The van der Waals surface area contributed by atoms with E-state index in [1.807, 2.05) is 48.8 Å². The number of fused-ring (bicyclic) bond motifs is 1. The lowest BCUT2D eigenvalue weighted by Crippen LogP contribution is -2.45. The van der Waals surface area contributed by atoms with Crippen LogP contribution in [0.4, 0.5) is 0 Å². The highest BCUT2D eigenvalue weighted by molar-refractivity contribution is 6.30. The second kappa shape index (κ2) is 9.02. The molecular formula is C24H27ClN4O. The van der Waals surface area contributed by atoms with Gasteiger partial charge in [-0.3, -0.25) is 9.69 Å². The first-order valence-electron chi connectivity index (χ1n) is 10.4. The predicted octanol–water partition coefficient (Wildman–Crippen LogP) is 4.53. The lowest BCUT2D eigenvalue weighted by atomic mass is 9.99. The maximum Gasteiger partial charge on any atom is 0.243 e. The lowest BCUT2D eigenvalue weighted by Gasteiger charge is -2.36. The van der Waals surface area contributed by atoms with Crippen LogP contribution in [-0.2, 0) is 24.3 Å².